The maximum absolute atomic E-state index is 4.62. The van der Waals surface area contributed by atoms with E-state index < -0.39 is 0 Å². The lowest BCUT2D eigenvalue weighted by atomic mass is 10.2. The standard InChI is InChI=1S/C15H15N3/c1-12-16-14-8-10-17(2)11-9-15(14)18(12)13-6-4-3-5-7-13/h3-11H,1-2H3. The Morgan fingerprint density at radius 3 is 2.50 bits per heavy atom. The third kappa shape index (κ3) is 1.74. The van der Waals surface area contributed by atoms with Crippen LogP contribution in [0.25, 0.3) is 17.8 Å². The van der Waals surface area contributed by atoms with Gasteiger partial charge in [0.1, 0.15) is 5.82 Å². The maximum atomic E-state index is 4.62. The molecule has 3 rings (SSSR count). The van der Waals surface area contributed by atoms with Crippen molar-refractivity contribution in [3.8, 4) is 5.69 Å². The van der Waals surface area contributed by atoms with Crippen molar-refractivity contribution in [1.82, 2.24) is 14.5 Å². The van der Waals surface area contributed by atoms with Crippen LogP contribution in [-0.4, -0.2) is 21.5 Å². The second-order valence-electron chi connectivity index (χ2n) is 4.40. The molecule has 2 heterocycles. The number of aromatic nitrogens is 2. The number of hydrogen-bond acceptors (Lipinski definition) is 2. The van der Waals surface area contributed by atoms with Gasteiger partial charge in [0.2, 0.25) is 0 Å². The summed E-state index contributed by atoms with van der Waals surface area (Å²) < 4.78 is 2.18. The van der Waals surface area contributed by atoms with Crippen LogP contribution in [0.2, 0.25) is 0 Å². The zero-order chi connectivity index (χ0) is 12.5. The van der Waals surface area contributed by atoms with E-state index in [0.29, 0.717) is 0 Å². The summed E-state index contributed by atoms with van der Waals surface area (Å²) in [5.74, 6) is 1.00. The molecule has 0 saturated heterocycles. The third-order valence-corrected chi connectivity index (χ3v) is 3.06. The molecule has 90 valence electrons. The van der Waals surface area contributed by atoms with Gasteiger partial charge in [0, 0.05) is 25.1 Å². The number of rotatable bonds is 1. The van der Waals surface area contributed by atoms with Crippen molar-refractivity contribution in [3.05, 3.63) is 59.9 Å². The molecule has 1 aliphatic heterocycles. The van der Waals surface area contributed by atoms with Crippen LogP contribution < -0.4 is 0 Å². The van der Waals surface area contributed by atoms with E-state index in [4.69, 9.17) is 0 Å². The molecule has 0 radical (unpaired) electrons. The first-order valence-corrected chi connectivity index (χ1v) is 5.99. The summed E-state index contributed by atoms with van der Waals surface area (Å²) in [6.07, 6.45) is 8.21. The van der Waals surface area contributed by atoms with Crippen molar-refractivity contribution < 1.29 is 0 Å². The van der Waals surface area contributed by atoms with Crippen LogP contribution in [-0.2, 0) is 0 Å². The number of imidazole rings is 1. The average molecular weight is 237 g/mol. The van der Waals surface area contributed by atoms with Crippen LogP contribution in [0.5, 0.6) is 0 Å². The SMILES string of the molecule is Cc1nc2c(n1-c1ccccc1)C=CN(C)C=C2. The lowest BCUT2D eigenvalue weighted by Gasteiger charge is -2.08. The highest BCUT2D eigenvalue weighted by molar-refractivity contribution is 5.64. The summed E-state index contributed by atoms with van der Waals surface area (Å²) in [5.41, 5.74) is 3.28. The number of nitrogens with zero attached hydrogens (tertiary/aromatic N) is 3. The molecular weight excluding hydrogens is 222 g/mol. The number of aryl methyl sites for hydroxylation is 1. The van der Waals surface area contributed by atoms with Gasteiger partial charge in [-0.25, -0.2) is 4.98 Å². The van der Waals surface area contributed by atoms with Crippen molar-refractivity contribution in [2.75, 3.05) is 7.05 Å². The van der Waals surface area contributed by atoms with E-state index >= 15 is 0 Å². The van der Waals surface area contributed by atoms with E-state index in [0.717, 1.165) is 22.9 Å². The molecule has 1 aromatic heterocycles. The highest BCUT2D eigenvalue weighted by Gasteiger charge is 2.13. The molecule has 0 fully saturated rings. The summed E-state index contributed by atoms with van der Waals surface area (Å²) in [6, 6.07) is 10.3. The van der Waals surface area contributed by atoms with Gasteiger partial charge in [0.25, 0.3) is 0 Å². The molecular formula is C15H15N3. The van der Waals surface area contributed by atoms with Crippen LogP contribution in [0, 0.1) is 6.92 Å². The smallest absolute Gasteiger partial charge is 0.111 e. The van der Waals surface area contributed by atoms with Crippen LogP contribution in [0.4, 0.5) is 0 Å². The molecule has 0 bridgehead atoms. The highest BCUT2D eigenvalue weighted by Crippen LogP contribution is 2.22. The van der Waals surface area contributed by atoms with Crippen molar-refractivity contribution in [2.24, 2.45) is 0 Å². The fraction of sp³-hybridized carbons (Fsp3) is 0.133. The molecule has 3 heteroatoms. The molecule has 0 N–H and O–H groups in total. The molecule has 0 aliphatic carbocycles. The second-order valence-corrected chi connectivity index (χ2v) is 4.40. The van der Waals surface area contributed by atoms with Gasteiger partial charge in [-0.3, -0.25) is 4.57 Å². The summed E-state index contributed by atoms with van der Waals surface area (Å²) >= 11 is 0. The molecule has 18 heavy (non-hydrogen) atoms. The molecule has 0 amide bonds. The van der Waals surface area contributed by atoms with Crippen molar-refractivity contribution in [2.45, 2.75) is 6.92 Å². The number of hydrogen-bond donors (Lipinski definition) is 0. The summed E-state index contributed by atoms with van der Waals surface area (Å²) in [5, 5.41) is 0. The predicted octanol–water partition coefficient (Wildman–Crippen LogP) is 3.07. The van der Waals surface area contributed by atoms with E-state index in [9.17, 15) is 0 Å². The zero-order valence-corrected chi connectivity index (χ0v) is 10.5. The Bertz CT molecular complexity index is 621. The molecule has 0 spiro atoms. The Labute approximate surface area is 107 Å². The van der Waals surface area contributed by atoms with Gasteiger partial charge in [-0.15, -0.1) is 0 Å². The van der Waals surface area contributed by atoms with Gasteiger partial charge in [-0.2, -0.15) is 0 Å². The largest absolute Gasteiger partial charge is 0.357 e. The van der Waals surface area contributed by atoms with E-state index in [2.05, 4.69) is 27.8 Å². The molecule has 0 atom stereocenters. The van der Waals surface area contributed by atoms with Gasteiger partial charge in [-0.1, -0.05) is 18.2 Å². The lowest BCUT2D eigenvalue weighted by Crippen LogP contribution is -2.00. The summed E-state index contributed by atoms with van der Waals surface area (Å²) in [4.78, 5) is 6.64. The first-order chi connectivity index (χ1) is 8.75. The molecule has 2 aromatic rings. The summed E-state index contributed by atoms with van der Waals surface area (Å²) in [6.45, 7) is 2.03. The normalized spacial score (nSPS) is 13.6. The van der Waals surface area contributed by atoms with Gasteiger partial charge in [0.05, 0.1) is 11.4 Å². The Hall–Kier alpha value is -2.29. The first kappa shape index (κ1) is 10.8. The monoisotopic (exact) mass is 237 g/mol. The molecule has 1 aromatic carbocycles. The molecule has 0 saturated carbocycles. The van der Waals surface area contributed by atoms with Crippen LogP contribution in [0.1, 0.15) is 17.2 Å². The van der Waals surface area contributed by atoms with Gasteiger partial charge in [-0.05, 0) is 31.2 Å². The lowest BCUT2D eigenvalue weighted by molar-refractivity contribution is 0.635. The van der Waals surface area contributed by atoms with E-state index in [1.54, 1.807) is 0 Å². The van der Waals surface area contributed by atoms with Gasteiger partial charge in [0.15, 0.2) is 0 Å². The minimum Gasteiger partial charge on any atom is -0.357 e. The number of para-hydroxylation sites is 1. The molecule has 3 nitrogen and oxygen atoms in total. The van der Waals surface area contributed by atoms with E-state index in [1.807, 2.05) is 55.5 Å². The van der Waals surface area contributed by atoms with Crippen LogP contribution in [0.3, 0.4) is 0 Å². The third-order valence-electron chi connectivity index (χ3n) is 3.06. The quantitative estimate of drug-likeness (QED) is 0.760. The molecule has 1 aliphatic rings. The number of benzene rings is 1. The van der Waals surface area contributed by atoms with Gasteiger partial charge >= 0.3 is 0 Å². The van der Waals surface area contributed by atoms with Crippen LogP contribution in [0.15, 0.2) is 42.7 Å². The second kappa shape index (κ2) is 4.18. The minimum atomic E-state index is 1.00. The van der Waals surface area contributed by atoms with E-state index in [1.165, 1.54) is 0 Å². The van der Waals surface area contributed by atoms with Crippen molar-refractivity contribution in [1.29, 1.82) is 0 Å². The minimum absolute atomic E-state index is 1.00. The Morgan fingerprint density at radius 1 is 1.00 bits per heavy atom. The Morgan fingerprint density at radius 2 is 1.72 bits per heavy atom. The Balaban J connectivity index is 2.21. The first-order valence-electron chi connectivity index (χ1n) is 5.99. The maximum Gasteiger partial charge on any atom is 0.111 e. The predicted molar refractivity (Wildman–Crippen MR) is 74.1 cm³/mol. The average Bonchev–Trinajstić information content (AvgIpc) is 2.60. The Kier molecular flexibility index (Phi) is 2.52. The molecule has 0 unspecified atom stereocenters. The fourth-order valence-corrected chi connectivity index (χ4v) is 2.18. The zero-order valence-electron chi connectivity index (χ0n) is 10.5. The van der Waals surface area contributed by atoms with Crippen LogP contribution >= 0.6 is 0 Å². The van der Waals surface area contributed by atoms with Gasteiger partial charge < -0.3 is 4.90 Å². The topological polar surface area (TPSA) is 21.1 Å². The summed E-state index contributed by atoms with van der Waals surface area (Å²) in [7, 11) is 2.01. The van der Waals surface area contributed by atoms with Crippen molar-refractivity contribution in [3.63, 3.8) is 0 Å². The number of fused-ring (bicyclic) bond motifs is 1. The van der Waals surface area contributed by atoms with Crippen molar-refractivity contribution >= 4 is 12.2 Å². The fourth-order valence-electron chi connectivity index (χ4n) is 2.18. The highest BCUT2D eigenvalue weighted by atomic mass is 15.1. The van der Waals surface area contributed by atoms with E-state index in [-0.39, 0.29) is 0 Å².